The maximum absolute atomic E-state index is 14.0. The van der Waals surface area contributed by atoms with Crippen LogP contribution in [0.2, 0.25) is 0 Å². The second-order valence-corrected chi connectivity index (χ2v) is 7.21. The number of nitriles is 1. The average molecular weight is 399 g/mol. The Morgan fingerprint density at radius 2 is 1.76 bits per heavy atom. The van der Waals surface area contributed by atoms with Gasteiger partial charge in [0, 0.05) is 5.69 Å². The highest BCUT2D eigenvalue weighted by Gasteiger charge is 2.19. The molecule has 0 saturated heterocycles. The molecule has 2 aromatic carbocycles. The highest BCUT2D eigenvalue weighted by atomic mass is 19.1. The van der Waals surface area contributed by atoms with Crippen molar-refractivity contribution in [3.05, 3.63) is 53.8 Å². The highest BCUT2D eigenvalue weighted by molar-refractivity contribution is 5.95. The molecule has 0 saturated carbocycles. The molecule has 8 heteroatoms. The van der Waals surface area contributed by atoms with E-state index in [9.17, 15) is 14.0 Å². The Balaban J connectivity index is 2.02. The first-order chi connectivity index (χ1) is 13.6. The maximum Gasteiger partial charge on any atom is 0.412 e. The van der Waals surface area contributed by atoms with Gasteiger partial charge >= 0.3 is 6.09 Å². The molecule has 0 aliphatic carbocycles. The second-order valence-electron chi connectivity index (χ2n) is 7.21. The monoisotopic (exact) mass is 399 g/mol. The number of carbonyl (C=O) groups is 2. The summed E-state index contributed by atoms with van der Waals surface area (Å²) in [6.45, 7) is 6.62. The van der Waals surface area contributed by atoms with Crippen molar-refractivity contribution in [2.45, 2.75) is 39.4 Å². The van der Waals surface area contributed by atoms with E-state index in [0.29, 0.717) is 11.3 Å². The van der Waals surface area contributed by atoms with Crippen LogP contribution in [0.4, 0.5) is 20.6 Å². The molecule has 0 spiro atoms. The molecule has 1 unspecified atom stereocenters. The fourth-order valence-electron chi connectivity index (χ4n) is 2.22. The van der Waals surface area contributed by atoms with E-state index in [4.69, 9.17) is 14.7 Å². The second kappa shape index (κ2) is 9.06. The van der Waals surface area contributed by atoms with Gasteiger partial charge in [0.2, 0.25) is 0 Å². The lowest BCUT2D eigenvalue weighted by molar-refractivity contribution is -0.122. The van der Waals surface area contributed by atoms with Crippen molar-refractivity contribution in [2.24, 2.45) is 0 Å². The van der Waals surface area contributed by atoms with E-state index >= 15 is 0 Å². The first kappa shape index (κ1) is 21.7. The molecule has 2 N–H and O–H groups in total. The zero-order valence-corrected chi connectivity index (χ0v) is 16.6. The van der Waals surface area contributed by atoms with Crippen molar-refractivity contribution in [2.75, 3.05) is 10.6 Å². The van der Waals surface area contributed by atoms with Gasteiger partial charge < -0.3 is 14.8 Å². The number of hydrogen-bond donors (Lipinski definition) is 2. The SMILES string of the molecule is CC(Oc1ccc(C#N)cc1)C(=O)Nc1ccc(F)c(NC(=O)OC(C)(C)C)c1. The number of carbonyl (C=O) groups excluding carboxylic acids is 2. The molecule has 0 heterocycles. The summed E-state index contributed by atoms with van der Waals surface area (Å²) >= 11 is 0. The Bertz CT molecular complexity index is 930. The predicted octanol–water partition coefficient (Wildman–Crippen LogP) is 4.45. The average Bonchev–Trinajstić information content (AvgIpc) is 2.63. The molecule has 29 heavy (non-hydrogen) atoms. The third kappa shape index (κ3) is 6.81. The summed E-state index contributed by atoms with van der Waals surface area (Å²) in [4.78, 5) is 24.2. The summed E-state index contributed by atoms with van der Waals surface area (Å²) in [5.74, 6) is -0.710. The number of rotatable bonds is 5. The molecular formula is C21H22FN3O4. The molecule has 0 aliphatic heterocycles. The first-order valence-corrected chi connectivity index (χ1v) is 8.84. The molecule has 0 fully saturated rings. The van der Waals surface area contributed by atoms with Crippen LogP contribution in [0, 0.1) is 17.1 Å². The molecule has 1 atom stereocenters. The van der Waals surface area contributed by atoms with Gasteiger partial charge in [0.25, 0.3) is 5.91 Å². The van der Waals surface area contributed by atoms with E-state index in [2.05, 4.69) is 10.6 Å². The van der Waals surface area contributed by atoms with Crippen LogP contribution in [0.25, 0.3) is 0 Å². The van der Waals surface area contributed by atoms with Gasteiger partial charge in [-0.2, -0.15) is 5.26 Å². The van der Waals surface area contributed by atoms with Crippen molar-refractivity contribution in [3.8, 4) is 11.8 Å². The Labute approximate surface area is 168 Å². The Morgan fingerprint density at radius 3 is 2.34 bits per heavy atom. The van der Waals surface area contributed by atoms with Gasteiger partial charge in [-0.25, -0.2) is 9.18 Å². The van der Waals surface area contributed by atoms with Gasteiger partial charge in [0.1, 0.15) is 17.2 Å². The minimum atomic E-state index is -0.852. The summed E-state index contributed by atoms with van der Waals surface area (Å²) in [5, 5.41) is 13.7. The Morgan fingerprint density at radius 1 is 1.10 bits per heavy atom. The van der Waals surface area contributed by atoms with Crippen LogP contribution in [-0.2, 0) is 9.53 Å². The molecular weight excluding hydrogens is 377 g/mol. The zero-order chi connectivity index (χ0) is 21.6. The van der Waals surface area contributed by atoms with Crippen molar-refractivity contribution in [3.63, 3.8) is 0 Å². The van der Waals surface area contributed by atoms with Crippen LogP contribution < -0.4 is 15.4 Å². The maximum atomic E-state index is 14.0. The van der Waals surface area contributed by atoms with E-state index in [-0.39, 0.29) is 11.4 Å². The number of benzene rings is 2. The predicted molar refractivity (Wildman–Crippen MR) is 106 cm³/mol. The molecule has 2 rings (SSSR count). The molecule has 2 amide bonds. The van der Waals surface area contributed by atoms with Crippen molar-refractivity contribution >= 4 is 23.4 Å². The fourth-order valence-corrected chi connectivity index (χ4v) is 2.22. The first-order valence-electron chi connectivity index (χ1n) is 8.84. The topological polar surface area (TPSA) is 100 Å². The molecule has 0 aromatic heterocycles. The standard InChI is InChI=1S/C21H22FN3O4/c1-13(28-16-8-5-14(12-23)6-9-16)19(26)24-15-7-10-17(22)18(11-15)25-20(27)29-21(2,3)4/h5-11,13H,1-4H3,(H,24,26)(H,25,27). The van der Waals surface area contributed by atoms with Gasteiger partial charge in [-0.05, 0) is 70.2 Å². The molecule has 152 valence electrons. The van der Waals surface area contributed by atoms with E-state index in [1.165, 1.54) is 12.1 Å². The number of anilines is 2. The number of nitrogens with one attached hydrogen (secondary N) is 2. The molecule has 0 radical (unpaired) electrons. The lowest BCUT2D eigenvalue weighted by Gasteiger charge is -2.20. The number of ether oxygens (including phenoxy) is 2. The van der Waals surface area contributed by atoms with Crippen molar-refractivity contribution in [1.82, 2.24) is 0 Å². The number of halogens is 1. The quantitative estimate of drug-likeness (QED) is 0.774. The van der Waals surface area contributed by atoms with Crippen LogP contribution >= 0.6 is 0 Å². The zero-order valence-electron chi connectivity index (χ0n) is 16.6. The summed E-state index contributed by atoms with van der Waals surface area (Å²) in [6, 6.07) is 12.1. The van der Waals surface area contributed by atoms with E-state index < -0.39 is 29.5 Å². The van der Waals surface area contributed by atoms with Crippen molar-refractivity contribution < 1.29 is 23.5 Å². The van der Waals surface area contributed by atoms with Crippen LogP contribution in [-0.4, -0.2) is 23.7 Å². The Kier molecular flexibility index (Phi) is 6.78. The number of hydrogen-bond acceptors (Lipinski definition) is 5. The Hall–Kier alpha value is -3.60. The molecule has 0 bridgehead atoms. The molecule has 2 aromatic rings. The highest BCUT2D eigenvalue weighted by Crippen LogP contribution is 2.21. The van der Waals surface area contributed by atoms with E-state index in [1.807, 2.05) is 6.07 Å². The number of nitrogens with zero attached hydrogens (tertiary/aromatic N) is 1. The number of amides is 2. The van der Waals surface area contributed by atoms with Gasteiger partial charge in [0.05, 0.1) is 17.3 Å². The largest absolute Gasteiger partial charge is 0.481 e. The lowest BCUT2D eigenvalue weighted by atomic mass is 10.2. The van der Waals surface area contributed by atoms with Crippen LogP contribution in [0.1, 0.15) is 33.3 Å². The van der Waals surface area contributed by atoms with E-state index in [1.54, 1.807) is 52.0 Å². The van der Waals surface area contributed by atoms with Crippen molar-refractivity contribution in [1.29, 1.82) is 5.26 Å². The fraction of sp³-hybridized carbons (Fsp3) is 0.286. The normalized spacial score (nSPS) is 11.7. The third-order valence-electron chi connectivity index (χ3n) is 3.54. The molecule has 7 nitrogen and oxygen atoms in total. The van der Waals surface area contributed by atoms with Crippen LogP contribution in [0.15, 0.2) is 42.5 Å². The summed E-state index contributed by atoms with van der Waals surface area (Å²) in [6.07, 6.45) is -1.66. The third-order valence-corrected chi connectivity index (χ3v) is 3.54. The van der Waals surface area contributed by atoms with Gasteiger partial charge in [-0.15, -0.1) is 0 Å². The van der Waals surface area contributed by atoms with Crippen LogP contribution in [0.5, 0.6) is 5.75 Å². The van der Waals surface area contributed by atoms with Gasteiger partial charge in [-0.3, -0.25) is 10.1 Å². The summed E-state index contributed by atoms with van der Waals surface area (Å²) in [5.41, 5.74) is -0.105. The van der Waals surface area contributed by atoms with Gasteiger partial charge in [0.15, 0.2) is 6.10 Å². The van der Waals surface area contributed by atoms with E-state index in [0.717, 1.165) is 6.07 Å². The molecule has 0 aliphatic rings. The summed E-state index contributed by atoms with van der Waals surface area (Å²) < 4.78 is 24.6. The summed E-state index contributed by atoms with van der Waals surface area (Å²) in [7, 11) is 0. The minimum Gasteiger partial charge on any atom is -0.481 e. The van der Waals surface area contributed by atoms with Gasteiger partial charge in [-0.1, -0.05) is 0 Å². The minimum absolute atomic E-state index is 0.127. The van der Waals surface area contributed by atoms with Crippen LogP contribution in [0.3, 0.4) is 0 Å². The lowest BCUT2D eigenvalue weighted by Crippen LogP contribution is -2.30. The smallest absolute Gasteiger partial charge is 0.412 e.